The van der Waals surface area contributed by atoms with E-state index < -0.39 is 7.37 Å². The van der Waals surface area contributed by atoms with Gasteiger partial charge in [-0.15, -0.1) is 0 Å². The van der Waals surface area contributed by atoms with E-state index in [4.69, 9.17) is 4.52 Å². The molecule has 4 heteroatoms. The molecule has 0 N–H and O–H groups in total. The predicted octanol–water partition coefficient (Wildman–Crippen LogP) is 4.89. The van der Waals surface area contributed by atoms with Crippen LogP contribution in [0.5, 0.6) is 0 Å². The summed E-state index contributed by atoms with van der Waals surface area (Å²) < 4.78 is 20.6. The summed E-state index contributed by atoms with van der Waals surface area (Å²) >= 11 is 3.41. The summed E-state index contributed by atoms with van der Waals surface area (Å²) in [6.45, 7) is 0.309. The first-order valence-corrected chi connectivity index (χ1v) is 9.70. The monoisotopic (exact) mass is 386 g/mol. The fourth-order valence-corrected chi connectivity index (χ4v) is 4.60. The fraction of sp³-hybridized carbons (Fsp3) is 0.0526. The van der Waals surface area contributed by atoms with Gasteiger partial charge in [-0.05, 0) is 42.0 Å². The van der Waals surface area contributed by atoms with Gasteiger partial charge in [0, 0.05) is 15.1 Å². The fourth-order valence-electron chi connectivity index (χ4n) is 2.30. The van der Waals surface area contributed by atoms with Crippen LogP contribution in [-0.4, -0.2) is 0 Å². The molecule has 0 fully saturated rings. The second-order valence-electron chi connectivity index (χ2n) is 5.12. The molecule has 0 spiro atoms. The third-order valence-electron chi connectivity index (χ3n) is 3.52. The first kappa shape index (κ1) is 16.2. The van der Waals surface area contributed by atoms with Crippen LogP contribution in [0.15, 0.2) is 89.4 Å². The molecule has 3 aromatic carbocycles. The number of rotatable bonds is 5. The van der Waals surface area contributed by atoms with Crippen molar-refractivity contribution < 1.29 is 9.09 Å². The Labute approximate surface area is 144 Å². The highest BCUT2D eigenvalue weighted by molar-refractivity contribution is 9.10. The van der Waals surface area contributed by atoms with Crippen LogP contribution in [-0.2, 0) is 15.7 Å². The Kier molecular flexibility index (Phi) is 5.12. The maximum atomic E-state index is 13.7. The lowest BCUT2D eigenvalue weighted by atomic mass is 10.2. The minimum atomic E-state index is -3.13. The molecule has 23 heavy (non-hydrogen) atoms. The summed E-state index contributed by atoms with van der Waals surface area (Å²) in [6.07, 6.45) is 0. The van der Waals surface area contributed by atoms with E-state index in [0.29, 0.717) is 17.2 Å². The van der Waals surface area contributed by atoms with Crippen LogP contribution < -0.4 is 10.6 Å². The Morgan fingerprint density at radius 3 is 1.87 bits per heavy atom. The minimum Gasteiger partial charge on any atom is -0.317 e. The van der Waals surface area contributed by atoms with Gasteiger partial charge >= 0.3 is 0 Å². The average Bonchev–Trinajstić information content (AvgIpc) is 2.62. The zero-order chi connectivity index (χ0) is 16.1. The maximum Gasteiger partial charge on any atom is 0.261 e. The van der Waals surface area contributed by atoms with Gasteiger partial charge in [-0.2, -0.15) is 0 Å². The van der Waals surface area contributed by atoms with Crippen molar-refractivity contribution in [1.82, 2.24) is 0 Å². The molecule has 3 aromatic rings. The zero-order valence-corrected chi connectivity index (χ0v) is 14.9. The second-order valence-corrected chi connectivity index (χ2v) is 8.43. The molecule has 0 aliphatic heterocycles. The van der Waals surface area contributed by atoms with Crippen LogP contribution in [0.2, 0.25) is 0 Å². The van der Waals surface area contributed by atoms with Gasteiger partial charge in [0.2, 0.25) is 0 Å². The summed E-state index contributed by atoms with van der Waals surface area (Å²) in [5, 5.41) is 1.40. The summed E-state index contributed by atoms with van der Waals surface area (Å²) in [5.74, 6) is 0. The second kappa shape index (κ2) is 7.27. The van der Waals surface area contributed by atoms with Crippen LogP contribution in [0.3, 0.4) is 0 Å². The molecule has 2 nitrogen and oxygen atoms in total. The molecule has 0 saturated carbocycles. The molecular formula is C19H16BrO2P. The Balaban J connectivity index is 1.97. The van der Waals surface area contributed by atoms with Gasteiger partial charge in [0.05, 0.1) is 6.61 Å². The normalized spacial score (nSPS) is 13.4. The smallest absolute Gasteiger partial charge is 0.261 e. The highest BCUT2D eigenvalue weighted by atomic mass is 79.9. The van der Waals surface area contributed by atoms with E-state index in [2.05, 4.69) is 15.9 Å². The van der Waals surface area contributed by atoms with E-state index >= 15 is 0 Å². The van der Waals surface area contributed by atoms with Gasteiger partial charge in [-0.25, -0.2) is 0 Å². The molecule has 0 bridgehead atoms. The van der Waals surface area contributed by atoms with Gasteiger partial charge in [0.15, 0.2) is 0 Å². The summed E-state index contributed by atoms with van der Waals surface area (Å²) in [6, 6.07) is 26.6. The third-order valence-corrected chi connectivity index (χ3v) is 6.50. The van der Waals surface area contributed by atoms with E-state index in [0.717, 1.165) is 10.0 Å². The minimum absolute atomic E-state index is 0.309. The van der Waals surface area contributed by atoms with Crippen molar-refractivity contribution in [2.24, 2.45) is 0 Å². The Bertz CT molecular complexity index is 802. The quantitative estimate of drug-likeness (QED) is 0.583. The predicted molar refractivity (Wildman–Crippen MR) is 98.7 cm³/mol. The first-order valence-electron chi connectivity index (χ1n) is 7.29. The molecule has 116 valence electrons. The number of hydrogen-bond acceptors (Lipinski definition) is 2. The van der Waals surface area contributed by atoms with Crippen LogP contribution >= 0.6 is 23.3 Å². The van der Waals surface area contributed by atoms with Crippen molar-refractivity contribution in [2.45, 2.75) is 6.61 Å². The Morgan fingerprint density at radius 2 is 1.26 bits per heavy atom. The standard InChI is InChI=1S/C19H16BrO2P/c20-17-11-13-19(14-12-17)23(21,18-9-5-2-6-10-18)22-15-16-7-3-1-4-8-16/h1-14H,15H2. The van der Waals surface area contributed by atoms with Crippen molar-refractivity contribution in [3.8, 4) is 0 Å². The highest BCUT2D eigenvalue weighted by Crippen LogP contribution is 2.45. The summed E-state index contributed by atoms with van der Waals surface area (Å²) in [4.78, 5) is 0. The Hall–Kier alpha value is -1.67. The molecule has 0 aromatic heterocycles. The maximum absolute atomic E-state index is 13.7. The summed E-state index contributed by atoms with van der Waals surface area (Å²) in [5.41, 5.74) is 1.00. The van der Waals surface area contributed by atoms with Gasteiger partial charge < -0.3 is 4.52 Å². The van der Waals surface area contributed by atoms with Crippen LogP contribution in [0.1, 0.15) is 5.56 Å². The molecule has 1 unspecified atom stereocenters. The van der Waals surface area contributed by atoms with Crippen LogP contribution in [0.4, 0.5) is 0 Å². The zero-order valence-electron chi connectivity index (χ0n) is 12.4. The van der Waals surface area contributed by atoms with E-state index in [1.807, 2.05) is 84.9 Å². The molecule has 0 amide bonds. The summed E-state index contributed by atoms with van der Waals surface area (Å²) in [7, 11) is -3.13. The lowest BCUT2D eigenvalue weighted by molar-refractivity contribution is 0.316. The lowest BCUT2D eigenvalue weighted by Crippen LogP contribution is -2.18. The van der Waals surface area contributed by atoms with Gasteiger partial charge in [-0.1, -0.05) is 64.5 Å². The van der Waals surface area contributed by atoms with E-state index in [9.17, 15) is 4.57 Å². The first-order chi connectivity index (χ1) is 11.2. The van der Waals surface area contributed by atoms with Gasteiger partial charge in [-0.3, -0.25) is 4.57 Å². The topological polar surface area (TPSA) is 26.3 Å². The van der Waals surface area contributed by atoms with Crippen LogP contribution in [0, 0.1) is 0 Å². The SMILES string of the molecule is O=P(OCc1ccccc1)(c1ccccc1)c1ccc(Br)cc1. The van der Waals surface area contributed by atoms with E-state index in [1.165, 1.54) is 0 Å². The molecule has 0 aliphatic carbocycles. The molecule has 3 rings (SSSR count). The van der Waals surface area contributed by atoms with Gasteiger partial charge in [0.25, 0.3) is 7.37 Å². The number of benzene rings is 3. The van der Waals surface area contributed by atoms with E-state index in [-0.39, 0.29) is 0 Å². The third kappa shape index (κ3) is 3.81. The van der Waals surface area contributed by atoms with Crippen LogP contribution in [0.25, 0.3) is 0 Å². The number of hydrogen-bond donors (Lipinski definition) is 0. The van der Waals surface area contributed by atoms with Crippen molar-refractivity contribution in [1.29, 1.82) is 0 Å². The van der Waals surface area contributed by atoms with Crippen molar-refractivity contribution in [3.63, 3.8) is 0 Å². The molecule has 0 aliphatic rings. The van der Waals surface area contributed by atoms with Gasteiger partial charge in [0.1, 0.15) is 0 Å². The van der Waals surface area contributed by atoms with E-state index in [1.54, 1.807) is 0 Å². The number of halogens is 1. The molecule has 0 radical (unpaired) electrons. The molecule has 0 saturated heterocycles. The molecule has 0 heterocycles. The molecule has 1 atom stereocenters. The lowest BCUT2D eigenvalue weighted by Gasteiger charge is -2.19. The van der Waals surface area contributed by atoms with Crippen molar-refractivity contribution >= 4 is 33.9 Å². The molecular weight excluding hydrogens is 371 g/mol. The van der Waals surface area contributed by atoms with Crippen molar-refractivity contribution in [3.05, 3.63) is 95.0 Å². The average molecular weight is 387 g/mol. The Morgan fingerprint density at radius 1 is 0.739 bits per heavy atom. The highest BCUT2D eigenvalue weighted by Gasteiger charge is 2.28. The largest absolute Gasteiger partial charge is 0.317 e. The van der Waals surface area contributed by atoms with Crippen molar-refractivity contribution in [2.75, 3.05) is 0 Å².